The summed E-state index contributed by atoms with van der Waals surface area (Å²) in [6, 6.07) is 6.97. The van der Waals surface area contributed by atoms with Crippen LogP contribution in [0.2, 0.25) is 0 Å². The monoisotopic (exact) mass is 297 g/mol. The Morgan fingerprint density at radius 3 is 2.88 bits per heavy atom. The first-order valence-electron chi connectivity index (χ1n) is 4.60. The van der Waals surface area contributed by atoms with Crippen molar-refractivity contribution < 1.29 is 4.79 Å². The lowest BCUT2D eigenvalue weighted by Crippen LogP contribution is -2.23. The molecule has 3 nitrogen and oxygen atoms in total. The molecule has 0 unspecified atom stereocenters. The van der Waals surface area contributed by atoms with E-state index in [1.54, 1.807) is 24.4 Å². The fraction of sp³-hybridized carbons (Fsp3) is 0.0909. The highest BCUT2D eigenvalue weighted by atomic mass is 79.9. The van der Waals surface area contributed by atoms with E-state index in [2.05, 4.69) is 15.9 Å². The van der Waals surface area contributed by atoms with Crippen molar-refractivity contribution in [2.45, 2.75) is 6.54 Å². The number of ketones is 1. The zero-order valence-electron chi connectivity index (χ0n) is 8.22. The zero-order chi connectivity index (χ0) is 11.5. The molecule has 0 aliphatic carbocycles. The molecule has 0 radical (unpaired) electrons. The van der Waals surface area contributed by atoms with Gasteiger partial charge in [-0.15, -0.1) is 11.3 Å². The van der Waals surface area contributed by atoms with Gasteiger partial charge in [-0.1, -0.05) is 6.07 Å². The predicted octanol–water partition coefficient (Wildman–Crippen LogP) is 2.56. The van der Waals surface area contributed by atoms with Gasteiger partial charge in [0.2, 0.25) is 0 Å². The summed E-state index contributed by atoms with van der Waals surface area (Å²) in [5.41, 5.74) is -0.188. The third kappa shape index (κ3) is 2.31. The van der Waals surface area contributed by atoms with Crippen molar-refractivity contribution in [3.63, 3.8) is 0 Å². The van der Waals surface area contributed by atoms with Crippen LogP contribution in [0.1, 0.15) is 9.67 Å². The van der Waals surface area contributed by atoms with E-state index in [9.17, 15) is 9.59 Å². The van der Waals surface area contributed by atoms with Crippen molar-refractivity contribution in [3.8, 4) is 0 Å². The number of aromatic nitrogens is 1. The number of thiophene rings is 1. The second-order valence-electron chi connectivity index (χ2n) is 3.19. The molecule has 0 aromatic carbocycles. The maximum absolute atomic E-state index is 11.8. The number of halogens is 1. The van der Waals surface area contributed by atoms with Crippen molar-refractivity contribution in [3.05, 3.63) is 55.5 Å². The van der Waals surface area contributed by atoms with Gasteiger partial charge in [-0.2, -0.15) is 0 Å². The van der Waals surface area contributed by atoms with Crippen LogP contribution in [0.5, 0.6) is 0 Å². The highest BCUT2D eigenvalue weighted by molar-refractivity contribution is 9.10. The van der Waals surface area contributed by atoms with Crippen LogP contribution in [0.3, 0.4) is 0 Å². The minimum absolute atomic E-state index is 0.0461. The first-order valence-corrected chi connectivity index (χ1v) is 6.27. The summed E-state index contributed by atoms with van der Waals surface area (Å²) in [6.45, 7) is 0.0821. The first-order chi connectivity index (χ1) is 7.68. The molecule has 0 atom stereocenters. The normalized spacial score (nSPS) is 10.3. The second-order valence-corrected chi connectivity index (χ2v) is 4.99. The quantitative estimate of drug-likeness (QED) is 0.817. The fourth-order valence-corrected chi connectivity index (χ4v) is 2.34. The van der Waals surface area contributed by atoms with Gasteiger partial charge in [0.15, 0.2) is 5.78 Å². The molecule has 2 heterocycles. The van der Waals surface area contributed by atoms with Gasteiger partial charge >= 0.3 is 0 Å². The van der Waals surface area contributed by atoms with Crippen molar-refractivity contribution in [2.24, 2.45) is 0 Å². The van der Waals surface area contributed by atoms with Gasteiger partial charge in [0, 0.05) is 6.20 Å². The van der Waals surface area contributed by atoms with Gasteiger partial charge in [0.25, 0.3) is 5.56 Å². The maximum Gasteiger partial charge on any atom is 0.265 e. The Hall–Kier alpha value is -1.20. The molecule has 0 saturated carbocycles. The van der Waals surface area contributed by atoms with E-state index in [-0.39, 0.29) is 17.9 Å². The van der Waals surface area contributed by atoms with E-state index in [1.165, 1.54) is 15.9 Å². The maximum atomic E-state index is 11.8. The predicted molar refractivity (Wildman–Crippen MR) is 67.1 cm³/mol. The third-order valence-electron chi connectivity index (χ3n) is 2.08. The molecule has 0 amide bonds. The lowest BCUT2D eigenvalue weighted by Gasteiger charge is -2.03. The fourth-order valence-electron chi connectivity index (χ4n) is 1.30. The highest BCUT2D eigenvalue weighted by Crippen LogP contribution is 2.10. The number of pyridine rings is 1. The average Bonchev–Trinajstić information content (AvgIpc) is 2.78. The molecule has 2 aromatic heterocycles. The van der Waals surface area contributed by atoms with Crippen LogP contribution in [0.25, 0.3) is 0 Å². The number of nitrogens with zero attached hydrogens (tertiary/aromatic N) is 1. The molecule has 2 rings (SSSR count). The Balaban J connectivity index is 2.25. The largest absolute Gasteiger partial charge is 0.307 e. The third-order valence-corrected chi connectivity index (χ3v) is 3.60. The van der Waals surface area contributed by atoms with Gasteiger partial charge in [-0.25, -0.2) is 0 Å². The van der Waals surface area contributed by atoms with Gasteiger partial charge in [-0.3, -0.25) is 9.59 Å². The Kier molecular flexibility index (Phi) is 3.36. The Bertz CT molecular complexity index is 560. The lowest BCUT2D eigenvalue weighted by molar-refractivity contribution is 0.0974. The zero-order valence-corrected chi connectivity index (χ0v) is 10.6. The van der Waals surface area contributed by atoms with Crippen LogP contribution in [0.15, 0.2) is 45.1 Å². The van der Waals surface area contributed by atoms with Gasteiger partial charge in [0.1, 0.15) is 0 Å². The molecule has 0 N–H and O–H groups in total. The summed E-state index contributed by atoms with van der Waals surface area (Å²) in [7, 11) is 0. The van der Waals surface area contributed by atoms with Crippen molar-refractivity contribution >= 4 is 33.0 Å². The molecule has 0 saturated heterocycles. The Labute approximate surface area is 104 Å². The molecule has 5 heteroatoms. The number of hydrogen-bond donors (Lipinski definition) is 0. The van der Waals surface area contributed by atoms with E-state index in [0.29, 0.717) is 9.35 Å². The van der Waals surface area contributed by atoms with Crippen LogP contribution in [-0.2, 0) is 6.54 Å². The highest BCUT2D eigenvalue weighted by Gasteiger charge is 2.09. The van der Waals surface area contributed by atoms with E-state index in [0.717, 1.165) is 0 Å². The average molecular weight is 298 g/mol. The van der Waals surface area contributed by atoms with Crippen LogP contribution in [0.4, 0.5) is 0 Å². The molecule has 2 aromatic rings. The Morgan fingerprint density at radius 1 is 1.38 bits per heavy atom. The van der Waals surface area contributed by atoms with E-state index >= 15 is 0 Å². The molecule has 0 aliphatic heterocycles. The molecular formula is C11H8BrNO2S. The van der Waals surface area contributed by atoms with Crippen LogP contribution >= 0.6 is 27.3 Å². The van der Waals surface area contributed by atoms with Crippen molar-refractivity contribution in [1.82, 2.24) is 4.57 Å². The van der Waals surface area contributed by atoms with Crippen molar-refractivity contribution in [2.75, 3.05) is 0 Å². The number of rotatable bonds is 3. The lowest BCUT2D eigenvalue weighted by atomic mass is 10.3. The van der Waals surface area contributed by atoms with E-state index in [4.69, 9.17) is 0 Å². The summed E-state index contributed by atoms with van der Waals surface area (Å²) in [5.74, 6) is -0.0461. The Morgan fingerprint density at radius 2 is 2.19 bits per heavy atom. The van der Waals surface area contributed by atoms with E-state index in [1.807, 2.05) is 11.4 Å². The minimum atomic E-state index is -0.188. The van der Waals surface area contributed by atoms with Gasteiger partial charge < -0.3 is 4.57 Å². The molecule has 0 spiro atoms. The second kappa shape index (κ2) is 4.76. The van der Waals surface area contributed by atoms with Crippen LogP contribution in [0, 0.1) is 0 Å². The molecule has 16 heavy (non-hydrogen) atoms. The van der Waals surface area contributed by atoms with Crippen molar-refractivity contribution in [1.29, 1.82) is 0 Å². The SMILES string of the molecule is O=C(Cn1cccc(Br)c1=O)c1cccs1. The van der Waals surface area contributed by atoms with Crippen LogP contribution in [-0.4, -0.2) is 10.4 Å². The molecular weight excluding hydrogens is 290 g/mol. The summed E-state index contributed by atoms with van der Waals surface area (Å²) in [5, 5.41) is 1.84. The van der Waals surface area contributed by atoms with Gasteiger partial charge in [-0.05, 0) is 39.5 Å². The summed E-state index contributed by atoms with van der Waals surface area (Å²) >= 11 is 4.53. The number of carbonyl (C=O) groups is 1. The molecule has 82 valence electrons. The first kappa shape index (κ1) is 11.3. The van der Waals surface area contributed by atoms with Crippen LogP contribution < -0.4 is 5.56 Å². The topological polar surface area (TPSA) is 39.1 Å². The standard InChI is InChI=1S/C11H8BrNO2S/c12-8-3-1-5-13(11(8)15)7-9(14)10-4-2-6-16-10/h1-6H,7H2. The summed E-state index contributed by atoms with van der Waals surface area (Å²) in [6.07, 6.45) is 1.61. The smallest absolute Gasteiger partial charge is 0.265 e. The minimum Gasteiger partial charge on any atom is -0.307 e. The molecule has 0 aliphatic rings. The number of carbonyl (C=O) groups excluding carboxylic acids is 1. The molecule has 0 fully saturated rings. The summed E-state index contributed by atoms with van der Waals surface area (Å²) < 4.78 is 1.86. The molecule has 0 bridgehead atoms. The van der Waals surface area contributed by atoms with Gasteiger partial charge in [0.05, 0.1) is 15.9 Å². The number of Topliss-reactive ketones (excluding diaryl/α,β-unsaturated/α-hetero) is 1. The number of hydrogen-bond acceptors (Lipinski definition) is 3. The summed E-state index contributed by atoms with van der Waals surface area (Å²) in [4.78, 5) is 24.1. The van der Waals surface area contributed by atoms with E-state index < -0.39 is 0 Å².